The summed E-state index contributed by atoms with van der Waals surface area (Å²) in [5.74, 6) is 2.31. The van der Waals surface area contributed by atoms with Gasteiger partial charge < -0.3 is 19.5 Å². The Morgan fingerprint density at radius 1 is 1.07 bits per heavy atom. The average molecular weight is 538 g/mol. The molecule has 2 heterocycles. The molecule has 0 aliphatic heterocycles. The fourth-order valence-corrected chi connectivity index (χ4v) is 6.51. The fourth-order valence-electron chi connectivity index (χ4n) is 6.51. The van der Waals surface area contributed by atoms with Crippen LogP contribution >= 0.6 is 0 Å². The monoisotopic (exact) mass is 537 g/mol. The molecule has 2 unspecified atom stereocenters. The predicted octanol–water partition coefficient (Wildman–Crippen LogP) is 5.15. The smallest absolute Gasteiger partial charge is 0.288 e. The molecule has 2 bridgehead atoms. The Balaban J connectivity index is 1.24. The van der Waals surface area contributed by atoms with Gasteiger partial charge in [-0.25, -0.2) is 5.10 Å². The number of hydrogen-bond acceptors (Lipinski definition) is 5. The minimum absolute atomic E-state index is 0.0156. The number of nitrogens with zero attached hydrogens (tertiary/aromatic N) is 3. The van der Waals surface area contributed by atoms with Gasteiger partial charge in [-0.05, 0) is 81.4 Å². The van der Waals surface area contributed by atoms with Crippen LogP contribution < -0.4 is 15.6 Å². The highest BCUT2D eigenvalue weighted by atomic mass is 16.5. The van der Waals surface area contributed by atoms with E-state index in [1.165, 1.54) is 0 Å². The summed E-state index contributed by atoms with van der Waals surface area (Å²) in [4.78, 5) is 27.7. The van der Waals surface area contributed by atoms with Crippen LogP contribution in [0.3, 0.4) is 0 Å². The number of fused-ring (bicyclic) bond motifs is 3. The van der Waals surface area contributed by atoms with Gasteiger partial charge in [-0.3, -0.25) is 9.59 Å². The number of amides is 1. The van der Waals surface area contributed by atoms with E-state index in [-0.39, 0.29) is 23.6 Å². The quantitative estimate of drug-likeness (QED) is 0.304. The van der Waals surface area contributed by atoms with Crippen molar-refractivity contribution in [3.63, 3.8) is 0 Å². The number of ether oxygens (including phenoxy) is 1. The zero-order valence-electron chi connectivity index (χ0n) is 22.9. The van der Waals surface area contributed by atoms with Crippen molar-refractivity contribution in [1.82, 2.24) is 25.0 Å². The highest BCUT2D eigenvalue weighted by Crippen LogP contribution is 2.48. The lowest BCUT2D eigenvalue weighted by atomic mass is 9.80. The van der Waals surface area contributed by atoms with E-state index in [2.05, 4.69) is 26.3 Å². The van der Waals surface area contributed by atoms with Crippen LogP contribution in [0.25, 0.3) is 22.0 Å². The molecule has 40 heavy (non-hydrogen) atoms. The van der Waals surface area contributed by atoms with Crippen molar-refractivity contribution in [2.45, 2.75) is 37.8 Å². The van der Waals surface area contributed by atoms with Gasteiger partial charge in [-0.2, -0.15) is 5.10 Å². The Bertz CT molecular complexity index is 1560. The minimum atomic E-state index is -0.179. The second-order valence-corrected chi connectivity index (χ2v) is 11.3. The average Bonchev–Trinajstić information content (AvgIpc) is 3.43. The molecule has 0 spiro atoms. The van der Waals surface area contributed by atoms with Gasteiger partial charge >= 0.3 is 0 Å². The lowest BCUT2D eigenvalue weighted by Crippen LogP contribution is -2.45. The number of likely N-dealkylation sites (N-methyl/N-ethyl adjacent to an activating group) is 1. The maximum Gasteiger partial charge on any atom is 0.288 e. The van der Waals surface area contributed by atoms with Crippen LogP contribution in [-0.2, 0) is 4.79 Å². The summed E-state index contributed by atoms with van der Waals surface area (Å²) >= 11 is 0. The molecule has 8 nitrogen and oxygen atoms in total. The van der Waals surface area contributed by atoms with Gasteiger partial charge in [0.05, 0.1) is 6.20 Å². The first kappa shape index (κ1) is 26.1. The van der Waals surface area contributed by atoms with Crippen LogP contribution in [0, 0.1) is 11.8 Å². The molecule has 2 atom stereocenters. The number of carbonyl (C=O) groups excluding carboxylic acids is 1. The van der Waals surface area contributed by atoms with Crippen LogP contribution in [0.5, 0.6) is 11.5 Å². The number of para-hydroxylation sites is 1. The van der Waals surface area contributed by atoms with Crippen molar-refractivity contribution in [2.75, 3.05) is 20.6 Å². The Labute approximate surface area is 233 Å². The molecular weight excluding hydrogens is 502 g/mol. The second-order valence-electron chi connectivity index (χ2n) is 11.3. The Hall–Kier alpha value is -4.17. The number of aromatic amines is 1. The van der Waals surface area contributed by atoms with Crippen molar-refractivity contribution in [3.05, 3.63) is 89.5 Å². The highest BCUT2D eigenvalue weighted by Gasteiger charge is 2.44. The van der Waals surface area contributed by atoms with Crippen LogP contribution in [0.4, 0.5) is 0 Å². The van der Waals surface area contributed by atoms with Gasteiger partial charge in [0.15, 0.2) is 0 Å². The van der Waals surface area contributed by atoms with Gasteiger partial charge in [0.25, 0.3) is 5.56 Å². The van der Waals surface area contributed by atoms with Crippen LogP contribution in [0.2, 0.25) is 0 Å². The number of aromatic nitrogens is 3. The first-order chi connectivity index (χ1) is 19.5. The molecule has 0 saturated heterocycles. The second kappa shape index (κ2) is 11.1. The molecule has 6 rings (SSSR count). The first-order valence-corrected chi connectivity index (χ1v) is 14.0. The molecule has 1 amide bonds. The number of H-pyrrole nitrogens is 1. The summed E-state index contributed by atoms with van der Waals surface area (Å²) in [5, 5.41) is 10.9. The molecule has 2 saturated carbocycles. The maximum atomic E-state index is 13.1. The maximum absolute atomic E-state index is 13.1. The topological polar surface area (TPSA) is 92.2 Å². The normalized spacial score (nSPS) is 22.3. The van der Waals surface area contributed by atoms with E-state index in [4.69, 9.17) is 4.74 Å². The molecule has 2 aromatic heterocycles. The molecule has 206 valence electrons. The molecule has 8 heteroatoms. The SMILES string of the molecule is CN(C)C/C=C/C(=O)NC1C2CCC1CC(n1cc(-c3ccc(Oc4ccccc4)cc3)c3cn[nH]c(=O)c31)C2. The zero-order chi connectivity index (χ0) is 27.6. The van der Waals surface area contributed by atoms with E-state index in [9.17, 15) is 9.59 Å². The van der Waals surface area contributed by atoms with E-state index in [0.717, 1.165) is 60.2 Å². The summed E-state index contributed by atoms with van der Waals surface area (Å²) in [6.07, 6.45) is 11.5. The van der Waals surface area contributed by atoms with E-state index < -0.39 is 0 Å². The van der Waals surface area contributed by atoms with E-state index >= 15 is 0 Å². The number of hydrogen-bond donors (Lipinski definition) is 2. The summed E-state index contributed by atoms with van der Waals surface area (Å²) in [6, 6.07) is 18.0. The third-order valence-corrected chi connectivity index (χ3v) is 8.31. The van der Waals surface area contributed by atoms with Crippen molar-refractivity contribution < 1.29 is 9.53 Å². The third-order valence-electron chi connectivity index (χ3n) is 8.31. The molecule has 2 aromatic carbocycles. The molecular formula is C32H35N5O3. The Kier molecular flexibility index (Phi) is 7.26. The van der Waals surface area contributed by atoms with Crippen LogP contribution in [-0.4, -0.2) is 52.3 Å². The van der Waals surface area contributed by atoms with E-state index in [0.29, 0.717) is 17.4 Å². The number of nitrogens with one attached hydrogen (secondary N) is 2. The lowest BCUT2D eigenvalue weighted by molar-refractivity contribution is -0.118. The molecule has 2 fully saturated rings. The molecule has 4 aromatic rings. The van der Waals surface area contributed by atoms with Gasteiger partial charge in [0.2, 0.25) is 5.91 Å². The number of benzene rings is 2. The third kappa shape index (κ3) is 5.31. The number of carbonyl (C=O) groups is 1. The van der Waals surface area contributed by atoms with Gasteiger partial charge in [-0.15, -0.1) is 0 Å². The lowest BCUT2D eigenvalue weighted by Gasteiger charge is -2.36. The van der Waals surface area contributed by atoms with Crippen molar-refractivity contribution >= 4 is 16.8 Å². The predicted molar refractivity (Wildman–Crippen MR) is 156 cm³/mol. The van der Waals surface area contributed by atoms with Crippen molar-refractivity contribution in [2.24, 2.45) is 11.8 Å². The van der Waals surface area contributed by atoms with Gasteiger partial charge in [-0.1, -0.05) is 36.4 Å². The molecule has 2 aliphatic carbocycles. The Morgan fingerprint density at radius 2 is 1.77 bits per heavy atom. The van der Waals surface area contributed by atoms with Crippen molar-refractivity contribution in [3.8, 4) is 22.6 Å². The molecule has 0 radical (unpaired) electrons. The van der Waals surface area contributed by atoms with E-state index in [1.54, 1.807) is 12.3 Å². The largest absolute Gasteiger partial charge is 0.457 e. The van der Waals surface area contributed by atoms with Crippen LogP contribution in [0.15, 0.2) is 83.9 Å². The van der Waals surface area contributed by atoms with Gasteiger partial charge in [0.1, 0.15) is 17.0 Å². The Morgan fingerprint density at radius 3 is 2.48 bits per heavy atom. The zero-order valence-corrected chi connectivity index (χ0v) is 22.9. The molecule has 2 aliphatic rings. The summed E-state index contributed by atoms with van der Waals surface area (Å²) in [5.41, 5.74) is 2.47. The van der Waals surface area contributed by atoms with Crippen LogP contribution in [0.1, 0.15) is 31.7 Å². The summed E-state index contributed by atoms with van der Waals surface area (Å²) in [7, 11) is 3.97. The first-order valence-electron chi connectivity index (χ1n) is 14.0. The van der Waals surface area contributed by atoms with Crippen molar-refractivity contribution in [1.29, 1.82) is 0 Å². The summed E-state index contributed by atoms with van der Waals surface area (Å²) in [6.45, 7) is 0.738. The summed E-state index contributed by atoms with van der Waals surface area (Å²) < 4.78 is 8.13. The minimum Gasteiger partial charge on any atom is -0.457 e. The van der Waals surface area contributed by atoms with Gasteiger partial charge in [0, 0.05) is 41.9 Å². The highest BCUT2D eigenvalue weighted by molar-refractivity contribution is 5.95. The fraction of sp³-hybridized carbons (Fsp3) is 0.344. The standard InChI is InChI=1S/C32H35N5O3/c1-36(2)16-6-9-29(38)34-30-22-10-11-23(30)18-24(17-22)37-20-28(27-19-33-35-32(39)31(27)37)21-12-14-26(15-13-21)40-25-7-4-3-5-8-25/h3-9,12-15,19-20,22-24,30H,10-11,16-18H2,1-2H3,(H,34,38)(H,35,39)/b9-6+. The number of rotatable bonds is 8. The molecule has 2 N–H and O–H groups in total. The van der Waals surface area contributed by atoms with E-state index in [1.807, 2.05) is 79.7 Å².